The fourth-order valence-electron chi connectivity index (χ4n) is 2.66. The van der Waals surface area contributed by atoms with Gasteiger partial charge in [0.1, 0.15) is 6.29 Å². The molecular weight excluding hydrogens is 340 g/mol. The van der Waals surface area contributed by atoms with E-state index in [4.69, 9.17) is 20.8 Å². The molecule has 1 aliphatic heterocycles. The molecule has 0 saturated carbocycles. The summed E-state index contributed by atoms with van der Waals surface area (Å²) in [6, 6.07) is 0. The SMILES string of the molecule is CC[C@H](O[Si](C)(C)C(C)(C)C)[C@@H]1CC=CC[C@H]([C@H](Cl)CCC=O)O1. The molecule has 0 bridgehead atoms. The zero-order chi connectivity index (χ0) is 18.4. The average Bonchev–Trinajstić information content (AvgIpc) is 2.75. The number of halogens is 1. The summed E-state index contributed by atoms with van der Waals surface area (Å²) < 4.78 is 13.0. The number of hydrogen-bond acceptors (Lipinski definition) is 3. The van der Waals surface area contributed by atoms with Gasteiger partial charge in [0.2, 0.25) is 0 Å². The second kappa shape index (κ2) is 9.51. The van der Waals surface area contributed by atoms with Crippen LogP contribution in [-0.4, -0.2) is 38.3 Å². The van der Waals surface area contributed by atoms with E-state index in [1.807, 2.05) is 0 Å². The first-order valence-electron chi connectivity index (χ1n) is 9.18. The Morgan fingerprint density at radius 1 is 1.29 bits per heavy atom. The van der Waals surface area contributed by atoms with Crippen molar-refractivity contribution < 1.29 is 14.0 Å². The Morgan fingerprint density at radius 2 is 1.88 bits per heavy atom. The quantitative estimate of drug-likeness (QED) is 0.244. The van der Waals surface area contributed by atoms with E-state index in [1.165, 1.54) is 0 Å². The van der Waals surface area contributed by atoms with Crippen molar-refractivity contribution in [3.63, 3.8) is 0 Å². The van der Waals surface area contributed by atoms with Crippen molar-refractivity contribution in [1.82, 2.24) is 0 Å². The van der Waals surface area contributed by atoms with Gasteiger partial charge < -0.3 is 14.0 Å². The zero-order valence-electron chi connectivity index (χ0n) is 16.2. The molecule has 0 aromatic heterocycles. The van der Waals surface area contributed by atoms with E-state index in [0.717, 1.165) is 25.5 Å². The van der Waals surface area contributed by atoms with Crippen LogP contribution in [0.3, 0.4) is 0 Å². The Balaban J connectivity index is 2.80. The Bertz CT molecular complexity index is 417. The molecule has 1 heterocycles. The lowest BCUT2D eigenvalue weighted by Gasteiger charge is -2.41. The van der Waals surface area contributed by atoms with E-state index in [0.29, 0.717) is 12.8 Å². The van der Waals surface area contributed by atoms with Gasteiger partial charge in [0.05, 0.1) is 23.7 Å². The summed E-state index contributed by atoms with van der Waals surface area (Å²) >= 11 is 6.48. The fourth-order valence-corrected chi connectivity index (χ4v) is 4.38. The smallest absolute Gasteiger partial charge is 0.192 e. The number of carbonyl (C=O) groups excluding carboxylic acids is 1. The summed E-state index contributed by atoms with van der Waals surface area (Å²) in [7, 11) is -1.84. The van der Waals surface area contributed by atoms with Crippen molar-refractivity contribution in [2.24, 2.45) is 0 Å². The number of alkyl halides is 1. The number of ether oxygens (including phenoxy) is 1. The third-order valence-corrected chi connectivity index (χ3v) is 10.3. The van der Waals surface area contributed by atoms with Gasteiger partial charge in [0.25, 0.3) is 0 Å². The van der Waals surface area contributed by atoms with Gasteiger partial charge in [-0.05, 0) is 43.8 Å². The lowest BCUT2D eigenvalue weighted by atomic mass is 10.1. The van der Waals surface area contributed by atoms with E-state index in [-0.39, 0.29) is 28.7 Å². The Labute approximate surface area is 154 Å². The molecule has 3 nitrogen and oxygen atoms in total. The van der Waals surface area contributed by atoms with Gasteiger partial charge in [0, 0.05) is 6.42 Å². The second-order valence-electron chi connectivity index (χ2n) is 8.24. The molecule has 1 rings (SSSR count). The summed E-state index contributed by atoms with van der Waals surface area (Å²) in [5.74, 6) is 0. The average molecular weight is 375 g/mol. The van der Waals surface area contributed by atoms with Gasteiger partial charge in [0.15, 0.2) is 8.32 Å². The van der Waals surface area contributed by atoms with Crippen molar-refractivity contribution in [1.29, 1.82) is 0 Å². The highest BCUT2D eigenvalue weighted by atomic mass is 35.5. The molecule has 0 spiro atoms. The lowest BCUT2D eigenvalue weighted by Crippen LogP contribution is -2.48. The summed E-state index contributed by atoms with van der Waals surface area (Å²) in [6.45, 7) is 13.5. The molecule has 0 aromatic rings. The van der Waals surface area contributed by atoms with Crippen LogP contribution in [-0.2, 0) is 14.0 Å². The fraction of sp³-hybridized carbons (Fsp3) is 0.842. The Kier molecular flexibility index (Phi) is 8.67. The van der Waals surface area contributed by atoms with Gasteiger partial charge in [-0.2, -0.15) is 0 Å². The summed E-state index contributed by atoms with van der Waals surface area (Å²) in [6.07, 6.45) is 9.08. The predicted molar refractivity (Wildman–Crippen MR) is 104 cm³/mol. The van der Waals surface area contributed by atoms with Gasteiger partial charge >= 0.3 is 0 Å². The molecule has 0 unspecified atom stereocenters. The first-order chi connectivity index (χ1) is 11.1. The first-order valence-corrected chi connectivity index (χ1v) is 12.5. The van der Waals surface area contributed by atoms with Crippen LogP contribution in [0, 0.1) is 0 Å². The summed E-state index contributed by atoms with van der Waals surface area (Å²) in [5.41, 5.74) is 0. The minimum atomic E-state index is -1.84. The molecule has 24 heavy (non-hydrogen) atoms. The number of rotatable bonds is 8. The Hall–Kier alpha value is -0.163. The predicted octanol–water partition coefficient (Wildman–Crippen LogP) is 5.48. The highest BCUT2D eigenvalue weighted by molar-refractivity contribution is 6.74. The molecule has 4 atom stereocenters. The minimum Gasteiger partial charge on any atom is -0.411 e. The molecule has 5 heteroatoms. The lowest BCUT2D eigenvalue weighted by molar-refractivity contribution is -0.108. The molecule has 0 N–H and O–H groups in total. The van der Waals surface area contributed by atoms with Crippen LogP contribution >= 0.6 is 11.6 Å². The third kappa shape index (κ3) is 6.29. The standard InChI is InChI=1S/C19H35ClO3Si/c1-7-16(23-24(5,6)19(2,3)4)18-13-9-8-12-17(22-18)15(20)11-10-14-21/h8-9,14-18H,7,10-13H2,1-6H3/t15-,16+,17-,18+/m1/s1. The van der Waals surface area contributed by atoms with Crippen LogP contribution in [0.2, 0.25) is 18.1 Å². The van der Waals surface area contributed by atoms with Crippen LogP contribution in [0.15, 0.2) is 12.2 Å². The van der Waals surface area contributed by atoms with Crippen molar-refractivity contribution in [3.8, 4) is 0 Å². The molecule has 0 aliphatic carbocycles. The maximum Gasteiger partial charge on any atom is 0.192 e. The van der Waals surface area contributed by atoms with Gasteiger partial charge in [-0.3, -0.25) is 0 Å². The molecule has 140 valence electrons. The monoisotopic (exact) mass is 374 g/mol. The zero-order valence-corrected chi connectivity index (χ0v) is 17.9. The van der Waals surface area contributed by atoms with E-state index < -0.39 is 8.32 Å². The number of hydrogen-bond donors (Lipinski definition) is 0. The summed E-state index contributed by atoms with van der Waals surface area (Å²) in [4.78, 5) is 10.6. The van der Waals surface area contributed by atoms with E-state index >= 15 is 0 Å². The topological polar surface area (TPSA) is 35.5 Å². The molecule has 0 aromatic carbocycles. The maximum absolute atomic E-state index is 10.6. The maximum atomic E-state index is 10.6. The minimum absolute atomic E-state index is 0.0327. The highest BCUT2D eigenvalue weighted by Gasteiger charge is 2.41. The van der Waals surface area contributed by atoms with Crippen molar-refractivity contribution in [3.05, 3.63) is 12.2 Å². The van der Waals surface area contributed by atoms with Crippen LogP contribution < -0.4 is 0 Å². The third-order valence-electron chi connectivity index (χ3n) is 5.29. The molecule has 0 amide bonds. The van der Waals surface area contributed by atoms with Crippen molar-refractivity contribution >= 4 is 26.2 Å². The summed E-state index contributed by atoms with van der Waals surface area (Å²) in [5, 5.41) is 0.0464. The van der Waals surface area contributed by atoms with Gasteiger partial charge in [-0.1, -0.05) is 39.8 Å². The molecular formula is C19H35ClO3Si. The normalized spacial score (nSPS) is 25.1. The largest absolute Gasteiger partial charge is 0.411 e. The van der Waals surface area contributed by atoms with Crippen LogP contribution in [0.25, 0.3) is 0 Å². The van der Waals surface area contributed by atoms with E-state index in [2.05, 4.69) is 52.9 Å². The second-order valence-corrected chi connectivity index (χ2v) is 13.6. The first kappa shape index (κ1) is 21.9. The number of carbonyl (C=O) groups is 1. The van der Waals surface area contributed by atoms with Crippen LogP contribution in [0.5, 0.6) is 0 Å². The van der Waals surface area contributed by atoms with E-state index in [1.54, 1.807) is 0 Å². The van der Waals surface area contributed by atoms with Gasteiger partial charge in [-0.25, -0.2) is 0 Å². The molecule has 0 radical (unpaired) electrons. The molecule has 1 aliphatic rings. The van der Waals surface area contributed by atoms with E-state index in [9.17, 15) is 4.79 Å². The van der Waals surface area contributed by atoms with Crippen LogP contribution in [0.1, 0.15) is 59.8 Å². The highest BCUT2D eigenvalue weighted by Crippen LogP contribution is 2.39. The van der Waals surface area contributed by atoms with Crippen LogP contribution in [0.4, 0.5) is 0 Å². The molecule has 0 saturated heterocycles. The van der Waals surface area contributed by atoms with Crippen molar-refractivity contribution in [2.75, 3.05) is 0 Å². The van der Waals surface area contributed by atoms with Crippen molar-refractivity contribution in [2.45, 2.75) is 102 Å². The Morgan fingerprint density at radius 3 is 2.38 bits per heavy atom. The van der Waals surface area contributed by atoms with Gasteiger partial charge in [-0.15, -0.1) is 11.6 Å². The molecule has 0 fully saturated rings. The number of aldehydes is 1.